The van der Waals surface area contributed by atoms with Crippen LogP contribution in [0.3, 0.4) is 0 Å². The summed E-state index contributed by atoms with van der Waals surface area (Å²) in [6.45, 7) is -11.6. The van der Waals surface area contributed by atoms with Crippen LogP contribution in [0.4, 0.5) is 4.79 Å². The standard InChI is InChI=1S/C16H21N3O2/c1-19(2)6-5-12-9-17-15-4-3-11(8-14(12)15)7-13-10-21-16(20)18-13/h3-4,8-9,13,17H,5-7,10H2,1-2H3,(H,18,20)/t13-/m0/s1/i1D3,2D3,6D2,9D,10D2. The number of nitrogens with one attached hydrogen (secondary N) is 2. The van der Waals surface area contributed by atoms with Crippen LogP contribution in [0.5, 0.6) is 0 Å². The van der Waals surface area contributed by atoms with E-state index in [2.05, 4.69) is 15.0 Å². The first-order valence-corrected chi connectivity index (χ1v) is 6.32. The van der Waals surface area contributed by atoms with E-state index in [4.69, 9.17) is 15.1 Å². The van der Waals surface area contributed by atoms with Gasteiger partial charge in [0.25, 0.3) is 0 Å². The number of ether oxygens (including phenoxy) is 1. The molecule has 0 bridgehead atoms. The minimum atomic E-state index is -3.25. The molecule has 0 radical (unpaired) electrons. The Morgan fingerprint density at radius 3 is 3.29 bits per heavy atom. The second-order valence-corrected chi connectivity index (χ2v) is 4.69. The van der Waals surface area contributed by atoms with Crippen molar-refractivity contribution in [1.29, 1.82) is 0 Å². The number of alkyl carbamates (subject to hydrolysis) is 1. The second kappa shape index (κ2) is 5.77. The molecule has 0 spiro atoms. The molecule has 2 aromatic rings. The number of rotatable bonds is 5. The summed E-state index contributed by atoms with van der Waals surface area (Å²) >= 11 is 0. The van der Waals surface area contributed by atoms with E-state index in [9.17, 15) is 4.79 Å². The summed E-state index contributed by atoms with van der Waals surface area (Å²) < 4.78 is 89.6. The number of hydrogen-bond donors (Lipinski definition) is 2. The average molecular weight is 298 g/mol. The number of amides is 1. The second-order valence-electron chi connectivity index (χ2n) is 4.69. The van der Waals surface area contributed by atoms with E-state index in [0.29, 0.717) is 16.5 Å². The smallest absolute Gasteiger partial charge is 0.407 e. The van der Waals surface area contributed by atoms with Gasteiger partial charge in [0.15, 0.2) is 0 Å². The number of aromatic amines is 1. The maximum Gasteiger partial charge on any atom is 0.407 e. The van der Waals surface area contributed by atoms with Crippen LogP contribution in [-0.4, -0.2) is 49.0 Å². The Balaban J connectivity index is 1.97. The summed E-state index contributed by atoms with van der Waals surface area (Å²) in [6, 6.07) is 3.80. The molecule has 1 aromatic heterocycles. The van der Waals surface area contributed by atoms with Gasteiger partial charge in [-0.1, -0.05) is 6.07 Å². The van der Waals surface area contributed by atoms with Crippen molar-refractivity contribution in [2.24, 2.45) is 0 Å². The Morgan fingerprint density at radius 2 is 2.52 bits per heavy atom. The predicted molar refractivity (Wildman–Crippen MR) is 82.5 cm³/mol. The number of cyclic esters (lactones) is 1. The molecule has 5 nitrogen and oxygen atoms in total. The molecular formula is C16H21N3O2. The Bertz CT molecular complexity index is 1010. The van der Waals surface area contributed by atoms with Crippen molar-refractivity contribution >= 4 is 17.0 Å². The molecule has 1 amide bonds. The minimum absolute atomic E-state index is 0.0379. The van der Waals surface area contributed by atoms with Gasteiger partial charge in [-0.05, 0) is 50.1 Å². The number of carbonyl (C=O) groups excluding carboxylic acids is 1. The molecular weight excluding hydrogens is 266 g/mol. The fourth-order valence-electron chi connectivity index (χ4n) is 2.24. The van der Waals surface area contributed by atoms with E-state index in [0.717, 1.165) is 0 Å². The van der Waals surface area contributed by atoms with Crippen molar-refractivity contribution < 1.29 is 24.6 Å². The molecule has 1 atom stereocenters. The van der Waals surface area contributed by atoms with Crippen molar-refractivity contribution in [1.82, 2.24) is 15.2 Å². The van der Waals surface area contributed by atoms with Gasteiger partial charge in [0.05, 0.1) is 10.2 Å². The summed E-state index contributed by atoms with van der Waals surface area (Å²) in [5.41, 5.74) is 1.05. The topological polar surface area (TPSA) is 57.4 Å². The molecule has 0 aliphatic carbocycles. The zero-order valence-corrected chi connectivity index (χ0v) is 11.0. The van der Waals surface area contributed by atoms with E-state index in [1.54, 1.807) is 18.2 Å². The number of H-pyrrole nitrogens is 1. The van der Waals surface area contributed by atoms with Gasteiger partial charge in [-0.3, -0.25) is 0 Å². The lowest BCUT2D eigenvalue weighted by Crippen LogP contribution is -2.28. The highest BCUT2D eigenvalue weighted by molar-refractivity contribution is 5.84. The van der Waals surface area contributed by atoms with Crippen molar-refractivity contribution in [2.75, 3.05) is 27.0 Å². The summed E-state index contributed by atoms with van der Waals surface area (Å²) in [4.78, 5) is 14.0. The Kier molecular flexibility index (Phi) is 1.65. The van der Waals surface area contributed by atoms with E-state index in [1.165, 1.54) is 0 Å². The monoisotopic (exact) mass is 298 g/mol. The molecule has 5 heteroatoms. The largest absolute Gasteiger partial charge is 0.447 e. The zero-order valence-electron chi connectivity index (χ0n) is 22.0. The summed E-state index contributed by atoms with van der Waals surface area (Å²) in [5.74, 6) is 0. The van der Waals surface area contributed by atoms with E-state index in [-0.39, 0.29) is 23.1 Å². The fourth-order valence-corrected chi connectivity index (χ4v) is 2.24. The Morgan fingerprint density at radius 1 is 1.62 bits per heavy atom. The Labute approximate surface area is 139 Å². The first-order chi connectivity index (χ1) is 14.4. The van der Waals surface area contributed by atoms with Gasteiger partial charge >= 0.3 is 6.09 Å². The quantitative estimate of drug-likeness (QED) is 0.887. The van der Waals surface area contributed by atoms with Crippen LogP contribution in [0, 0.1) is 0 Å². The molecule has 1 aliphatic rings. The molecule has 1 aromatic carbocycles. The maximum absolute atomic E-state index is 11.4. The third-order valence-corrected chi connectivity index (χ3v) is 3.20. The lowest BCUT2D eigenvalue weighted by Gasteiger charge is -2.09. The summed E-state index contributed by atoms with van der Waals surface area (Å²) in [6.07, 6.45) is -1.75. The number of aryl methyl sites for hydroxylation is 1. The SMILES string of the molecule is [2H]c1[nH]c2ccc(C[C@@H]3NC(=O)OC3([2H])[2H])cc2c1CC([2H])([2H])N(C([2H])([2H])[2H])C([2H])([2H])[2H]. The third-order valence-electron chi connectivity index (χ3n) is 3.20. The summed E-state index contributed by atoms with van der Waals surface area (Å²) in [5, 5.41) is 2.73. The van der Waals surface area contributed by atoms with Gasteiger partial charge in [-0.25, -0.2) is 4.79 Å². The molecule has 2 N–H and O–H groups in total. The Hall–Kier alpha value is -2.01. The number of carbonyl (C=O) groups is 1. The normalized spacial score (nSPS) is 30.2. The lowest BCUT2D eigenvalue weighted by atomic mass is 10.0. The number of benzene rings is 1. The van der Waals surface area contributed by atoms with Gasteiger partial charge in [-0.2, -0.15) is 0 Å². The van der Waals surface area contributed by atoms with Gasteiger partial charge in [-0.15, -0.1) is 0 Å². The van der Waals surface area contributed by atoms with Gasteiger partial charge in [0.1, 0.15) is 6.56 Å². The highest BCUT2D eigenvalue weighted by atomic mass is 16.6. The first-order valence-electron chi connectivity index (χ1n) is 11.8. The molecule has 3 rings (SSSR count). The molecule has 21 heavy (non-hydrogen) atoms. The lowest BCUT2D eigenvalue weighted by molar-refractivity contribution is 0.177. The summed E-state index contributed by atoms with van der Waals surface area (Å²) in [7, 11) is 0. The van der Waals surface area contributed by atoms with Crippen LogP contribution in [0.25, 0.3) is 10.9 Å². The van der Waals surface area contributed by atoms with Crippen LogP contribution in [0.15, 0.2) is 24.4 Å². The van der Waals surface area contributed by atoms with Gasteiger partial charge in [0.2, 0.25) is 0 Å². The molecule has 2 heterocycles. The van der Waals surface area contributed by atoms with Gasteiger partial charge in [0, 0.05) is 34.5 Å². The van der Waals surface area contributed by atoms with Crippen molar-refractivity contribution in [2.45, 2.75) is 18.9 Å². The molecule has 0 saturated carbocycles. The maximum atomic E-state index is 11.4. The zero-order chi connectivity index (χ0) is 24.3. The van der Waals surface area contributed by atoms with Crippen LogP contribution >= 0.6 is 0 Å². The average Bonchev–Trinajstić information content (AvgIpc) is 2.99. The molecule has 0 unspecified atom stereocenters. The van der Waals surface area contributed by atoms with Gasteiger partial charge < -0.3 is 19.9 Å². The highest BCUT2D eigenvalue weighted by Crippen LogP contribution is 2.21. The third kappa shape index (κ3) is 3.19. The molecule has 112 valence electrons. The van der Waals surface area contributed by atoms with E-state index < -0.39 is 45.6 Å². The van der Waals surface area contributed by atoms with Crippen LogP contribution in [0.2, 0.25) is 0 Å². The van der Waals surface area contributed by atoms with Crippen LogP contribution in [0.1, 0.15) is 26.2 Å². The number of aromatic nitrogens is 1. The van der Waals surface area contributed by atoms with Crippen LogP contribution in [-0.2, 0) is 17.6 Å². The van der Waals surface area contributed by atoms with Crippen molar-refractivity contribution in [3.8, 4) is 0 Å². The molecule has 1 saturated heterocycles. The molecule has 1 fully saturated rings. The van der Waals surface area contributed by atoms with Crippen LogP contribution < -0.4 is 5.32 Å². The fraction of sp³-hybridized carbons (Fsp3) is 0.438. The highest BCUT2D eigenvalue weighted by Gasteiger charge is 2.22. The number of nitrogens with zero attached hydrogens (tertiary/aromatic N) is 1. The number of likely N-dealkylation sites (N-methyl/N-ethyl adjacent to an activating group) is 1. The predicted octanol–water partition coefficient (Wildman–Crippen LogP) is 1.92. The van der Waals surface area contributed by atoms with Crippen molar-refractivity contribution in [3.63, 3.8) is 0 Å². The number of fused-ring (bicyclic) bond motifs is 1. The first kappa shape index (κ1) is 6.01. The number of hydrogen-bond acceptors (Lipinski definition) is 3. The van der Waals surface area contributed by atoms with E-state index in [1.807, 2.05) is 0 Å². The molecule has 1 aliphatic heterocycles. The van der Waals surface area contributed by atoms with Crippen molar-refractivity contribution in [3.05, 3.63) is 35.5 Å². The van der Waals surface area contributed by atoms with E-state index >= 15 is 0 Å². The minimum Gasteiger partial charge on any atom is -0.447 e.